The Balaban J connectivity index is 1.93. The van der Waals surface area contributed by atoms with E-state index in [1.54, 1.807) is 0 Å². The number of nitrogens with zero attached hydrogens (tertiary/aromatic N) is 2. The Bertz CT molecular complexity index is 387. The van der Waals surface area contributed by atoms with Crippen molar-refractivity contribution in [3.05, 3.63) is 29.8 Å². The van der Waals surface area contributed by atoms with Crippen LogP contribution in [0.3, 0.4) is 0 Å². The zero-order valence-corrected chi connectivity index (χ0v) is 11.8. The van der Waals surface area contributed by atoms with Crippen molar-refractivity contribution in [2.45, 2.75) is 26.3 Å². The summed E-state index contributed by atoms with van der Waals surface area (Å²) in [6.07, 6.45) is 0. The van der Waals surface area contributed by atoms with Crippen molar-refractivity contribution in [3.8, 4) is 0 Å². The van der Waals surface area contributed by atoms with E-state index in [2.05, 4.69) is 54.8 Å². The molecule has 1 heterocycles. The number of benzene rings is 1. The normalized spacial score (nSPS) is 18.1. The van der Waals surface area contributed by atoms with Crippen molar-refractivity contribution in [1.82, 2.24) is 4.90 Å². The van der Waals surface area contributed by atoms with E-state index in [4.69, 9.17) is 5.73 Å². The van der Waals surface area contributed by atoms with Crippen LogP contribution < -0.4 is 10.6 Å². The number of rotatable bonds is 3. The molecule has 100 valence electrons. The van der Waals surface area contributed by atoms with E-state index < -0.39 is 0 Å². The molecule has 1 aliphatic heterocycles. The lowest BCUT2D eigenvalue weighted by Crippen LogP contribution is -2.53. The quantitative estimate of drug-likeness (QED) is 0.885. The van der Waals surface area contributed by atoms with Gasteiger partial charge in [-0.15, -0.1) is 0 Å². The van der Waals surface area contributed by atoms with Gasteiger partial charge in [0.2, 0.25) is 0 Å². The molecule has 1 saturated heterocycles. The zero-order chi connectivity index (χ0) is 13.2. The first-order valence-corrected chi connectivity index (χ1v) is 6.77. The second kappa shape index (κ2) is 5.29. The van der Waals surface area contributed by atoms with Gasteiger partial charge in [0.15, 0.2) is 0 Å². The molecule has 0 aliphatic carbocycles. The Labute approximate surface area is 111 Å². The standard InChI is InChI=1S/C15H25N3/c1-13-6-4-5-7-14(13)18-10-8-17(9-11-18)12-15(2,3)16/h4-7H,8-12,16H2,1-3H3. The monoisotopic (exact) mass is 247 g/mol. The third-order valence-electron chi connectivity index (χ3n) is 3.46. The fourth-order valence-corrected chi connectivity index (χ4v) is 2.64. The van der Waals surface area contributed by atoms with Crippen LogP contribution in [-0.2, 0) is 0 Å². The van der Waals surface area contributed by atoms with Gasteiger partial charge in [0, 0.05) is 44.0 Å². The SMILES string of the molecule is Cc1ccccc1N1CCN(CC(C)(C)N)CC1. The van der Waals surface area contributed by atoms with Crippen LogP contribution in [0.4, 0.5) is 5.69 Å². The van der Waals surface area contributed by atoms with Gasteiger partial charge in [-0.1, -0.05) is 18.2 Å². The molecule has 0 atom stereocenters. The maximum atomic E-state index is 6.08. The molecule has 0 radical (unpaired) electrons. The van der Waals surface area contributed by atoms with Gasteiger partial charge in [0.05, 0.1) is 0 Å². The number of para-hydroxylation sites is 1. The van der Waals surface area contributed by atoms with Crippen LogP contribution in [0.25, 0.3) is 0 Å². The summed E-state index contributed by atoms with van der Waals surface area (Å²) < 4.78 is 0. The molecule has 1 fully saturated rings. The molecule has 1 aromatic carbocycles. The molecule has 0 unspecified atom stereocenters. The second-order valence-electron chi connectivity index (χ2n) is 6.04. The van der Waals surface area contributed by atoms with Crippen LogP contribution in [-0.4, -0.2) is 43.2 Å². The van der Waals surface area contributed by atoms with Gasteiger partial charge in [-0.25, -0.2) is 0 Å². The van der Waals surface area contributed by atoms with Crippen LogP contribution >= 0.6 is 0 Å². The lowest BCUT2D eigenvalue weighted by molar-refractivity contribution is 0.214. The molecular formula is C15H25N3. The Morgan fingerprint density at radius 2 is 1.72 bits per heavy atom. The number of hydrogen-bond acceptors (Lipinski definition) is 3. The molecule has 2 N–H and O–H groups in total. The van der Waals surface area contributed by atoms with Gasteiger partial charge in [-0.3, -0.25) is 4.90 Å². The fraction of sp³-hybridized carbons (Fsp3) is 0.600. The highest BCUT2D eigenvalue weighted by Crippen LogP contribution is 2.21. The van der Waals surface area contributed by atoms with Gasteiger partial charge in [-0.05, 0) is 32.4 Å². The van der Waals surface area contributed by atoms with Crippen LogP contribution in [0.2, 0.25) is 0 Å². The maximum Gasteiger partial charge on any atom is 0.0396 e. The smallest absolute Gasteiger partial charge is 0.0396 e. The molecule has 3 heteroatoms. The summed E-state index contributed by atoms with van der Waals surface area (Å²) in [4.78, 5) is 4.95. The van der Waals surface area contributed by atoms with Crippen molar-refractivity contribution >= 4 is 5.69 Å². The maximum absolute atomic E-state index is 6.08. The number of nitrogens with two attached hydrogens (primary N) is 1. The second-order valence-corrected chi connectivity index (χ2v) is 6.04. The minimum Gasteiger partial charge on any atom is -0.369 e. The topological polar surface area (TPSA) is 32.5 Å². The van der Waals surface area contributed by atoms with Crippen LogP contribution in [0, 0.1) is 6.92 Å². The molecule has 1 aliphatic rings. The van der Waals surface area contributed by atoms with Gasteiger partial charge in [0.25, 0.3) is 0 Å². The molecule has 0 saturated carbocycles. The Morgan fingerprint density at radius 1 is 1.11 bits per heavy atom. The van der Waals surface area contributed by atoms with E-state index in [0.717, 1.165) is 32.7 Å². The summed E-state index contributed by atoms with van der Waals surface area (Å²) in [6.45, 7) is 11.8. The predicted molar refractivity (Wildman–Crippen MR) is 78.1 cm³/mol. The molecule has 3 nitrogen and oxygen atoms in total. The molecule has 1 aromatic rings. The molecule has 0 bridgehead atoms. The van der Waals surface area contributed by atoms with Crippen molar-refractivity contribution < 1.29 is 0 Å². The van der Waals surface area contributed by atoms with E-state index in [1.807, 2.05) is 0 Å². The van der Waals surface area contributed by atoms with E-state index in [9.17, 15) is 0 Å². The number of anilines is 1. The average molecular weight is 247 g/mol. The molecule has 0 aromatic heterocycles. The Hall–Kier alpha value is -1.06. The van der Waals surface area contributed by atoms with Crippen molar-refractivity contribution in [1.29, 1.82) is 0 Å². The van der Waals surface area contributed by atoms with E-state index in [0.29, 0.717) is 0 Å². The third kappa shape index (κ3) is 3.47. The lowest BCUT2D eigenvalue weighted by atomic mass is 10.1. The Morgan fingerprint density at radius 3 is 2.28 bits per heavy atom. The molecular weight excluding hydrogens is 222 g/mol. The minimum atomic E-state index is -0.0924. The predicted octanol–water partition coefficient (Wildman–Crippen LogP) is 1.85. The zero-order valence-electron chi connectivity index (χ0n) is 11.8. The number of hydrogen-bond donors (Lipinski definition) is 1. The first-order valence-electron chi connectivity index (χ1n) is 6.77. The number of piperazine rings is 1. The van der Waals surface area contributed by atoms with Gasteiger partial charge >= 0.3 is 0 Å². The van der Waals surface area contributed by atoms with Crippen LogP contribution in [0.1, 0.15) is 19.4 Å². The highest BCUT2D eigenvalue weighted by atomic mass is 15.3. The summed E-state index contributed by atoms with van der Waals surface area (Å²) in [5.41, 5.74) is 8.73. The largest absolute Gasteiger partial charge is 0.369 e. The fourth-order valence-electron chi connectivity index (χ4n) is 2.64. The first-order chi connectivity index (χ1) is 8.46. The summed E-state index contributed by atoms with van der Waals surface area (Å²) in [5, 5.41) is 0. The molecule has 0 amide bonds. The van der Waals surface area contributed by atoms with Crippen molar-refractivity contribution in [2.75, 3.05) is 37.6 Å². The van der Waals surface area contributed by atoms with E-state index in [1.165, 1.54) is 11.3 Å². The molecule has 18 heavy (non-hydrogen) atoms. The molecule has 0 spiro atoms. The van der Waals surface area contributed by atoms with Crippen molar-refractivity contribution in [3.63, 3.8) is 0 Å². The third-order valence-corrected chi connectivity index (χ3v) is 3.46. The van der Waals surface area contributed by atoms with Gasteiger partial charge in [0.1, 0.15) is 0 Å². The highest BCUT2D eigenvalue weighted by molar-refractivity contribution is 5.53. The Kier molecular flexibility index (Phi) is 3.93. The summed E-state index contributed by atoms with van der Waals surface area (Å²) in [6, 6.07) is 8.63. The van der Waals surface area contributed by atoms with Gasteiger partial charge < -0.3 is 10.6 Å². The van der Waals surface area contributed by atoms with Gasteiger partial charge in [-0.2, -0.15) is 0 Å². The van der Waals surface area contributed by atoms with Crippen LogP contribution in [0.5, 0.6) is 0 Å². The minimum absolute atomic E-state index is 0.0924. The highest BCUT2D eigenvalue weighted by Gasteiger charge is 2.22. The average Bonchev–Trinajstić information content (AvgIpc) is 2.29. The van der Waals surface area contributed by atoms with Crippen LogP contribution in [0.15, 0.2) is 24.3 Å². The summed E-state index contributed by atoms with van der Waals surface area (Å²) >= 11 is 0. The van der Waals surface area contributed by atoms with E-state index in [-0.39, 0.29) is 5.54 Å². The van der Waals surface area contributed by atoms with Crippen molar-refractivity contribution in [2.24, 2.45) is 5.73 Å². The lowest BCUT2D eigenvalue weighted by Gasteiger charge is -2.39. The molecule has 2 rings (SSSR count). The number of aryl methyl sites for hydroxylation is 1. The van der Waals surface area contributed by atoms with E-state index >= 15 is 0 Å². The first kappa shape index (κ1) is 13.4. The summed E-state index contributed by atoms with van der Waals surface area (Å²) in [5.74, 6) is 0. The summed E-state index contributed by atoms with van der Waals surface area (Å²) in [7, 11) is 0.